The smallest absolute Gasteiger partial charge is 0.460 e. The van der Waals surface area contributed by atoms with Gasteiger partial charge in [0.2, 0.25) is 9.84 Å². The summed E-state index contributed by atoms with van der Waals surface area (Å²) in [5.74, 6) is -13.0. The molecule has 35 heteroatoms. The number of hydrogen-bond acceptors (Lipinski definition) is 15. The van der Waals surface area contributed by atoms with Crippen molar-refractivity contribution in [2.45, 2.75) is 233 Å². The van der Waals surface area contributed by atoms with Crippen LogP contribution in [0, 0.1) is 23.2 Å². The lowest BCUT2D eigenvalue weighted by atomic mass is 9.49. The van der Waals surface area contributed by atoms with E-state index in [4.69, 9.17) is 22.4 Å². The number of ketones is 1. The molecule has 6 saturated carbocycles. The summed E-state index contributed by atoms with van der Waals surface area (Å²) in [6.45, 7) is 17.8. The average molecular weight is 1430 g/mol. The number of halogens is 10. The van der Waals surface area contributed by atoms with Crippen molar-refractivity contribution in [3.63, 3.8) is 0 Å². The molecule has 2 aromatic rings. The first-order valence-electron chi connectivity index (χ1n) is 29.3. The number of hydrogen-bond donors (Lipinski definition) is 4. The number of para-hydroxylation sites is 1. The molecule has 0 saturated heterocycles. The molecule has 4 N–H and O–H groups in total. The summed E-state index contributed by atoms with van der Waals surface area (Å²) in [5, 5.41) is -23.0. The molecule has 0 heterocycles. The number of rotatable bonds is 18. The number of carbonyl (C=O) groups excluding carboxylic acids is 3. The molecule has 0 radical (unpaired) electrons. The maximum Gasteiger partial charge on any atom is 0.465 e. The second-order valence-corrected chi connectivity index (χ2v) is 34.3. The number of sulfone groups is 1. The molecule has 2 unspecified atom stereocenters. The van der Waals surface area contributed by atoms with Crippen molar-refractivity contribution in [3.05, 3.63) is 64.2 Å². The Hall–Kier alpha value is -4.26. The Balaban J connectivity index is 0.000000264. The van der Waals surface area contributed by atoms with Crippen molar-refractivity contribution < 1.29 is 128 Å². The van der Waals surface area contributed by atoms with Crippen molar-refractivity contribution in [1.82, 2.24) is 4.90 Å². The molecule has 6 fully saturated rings. The van der Waals surface area contributed by atoms with E-state index in [-0.39, 0.29) is 69.6 Å². The van der Waals surface area contributed by atoms with E-state index in [0.717, 1.165) is 67.4 Å². The third-order valence-electron chi connectivity index (χ3n) is 17.0. The van der Waals surface area contributed by atoms with Gasteiger partial charge in [-0.15, -0.1) is 0 Å². The van der Waals surface area contributed by atoms with Gasteiger partial charge in [-0.05, 0) is 103 Å². The molecule has 20 nitrogen and oxygen atoms in total. The molecular formula is C57H81F10NO19S5. The Kier molecular flexibility index (Phi) is 24.8. The van der Waals surface area contributed by atoms with E-state index in [1.54, 1.807) is 27.7 Å². The van der Waals surface area contributed by atoms with E-state index in [0.29, 0.717) is 50.9 Å². The summed E-state index contributed by atoms with van der Waals surface area (Å²) >= 11 is 0. The van der Waals surface area contributed by atoms with Gasteiger partial charge in [-0.1, -0.05) is 144 Å². The summed E-state index contributed by atoms with van der Waals surface area (Å²) in [5.41, 5.74) is 0.580. The Labute approximate surface area is 530 Å². The van der Waals surface area contributed by atoms with Crippen LogP contribution in [0.15, 0.2) is 36.4 Å². The van der Waals surface area contributed by atoms with Gasteiger partial charge in [-0.25, -0.2) is 13.2 Å². The molecule has 4 bridgehead atoms. The fraction of sp³-hybridized carbons (Fsp3) is 0.737. The lowest BCUT2D eigenvalue weighted by Crippen LogP contribution is -2.60. The van der Waals surface area contributed by atoms with Crippen LogP contribution in [0.2, 0.25) is 0 Å². The highest BCUT2D eigenvalue weighted by atomic mass is 32.3. The molecule has 0 aromatic heterocycles. The van der Waals surface area contributed by atoms with Gasteiger partial charge in [0.15, 0.2) is 5.75 Å². The first-order valence-corrected chi connectivity index (χ1v) is 36.7. The number of Topliss-reactive ketones (excluding diaryl/α,β-unsaturated/α-hetero) is 1. The van der Waals surface area contributed by atoms with Crippen molar-refractivity contribution in [1.29, 1.82) is 0 Å². The number of esters is 1. The van der Waals surface area contributed by atoms with Crippen LogP contribution < -0.4 is 4.18 Å². The first kappa shape index (κ1) is 80.2. The van der Waals surface area contributed by atoms with Gasteiger partial charge in [-0.3, -0.25) is 27.8 Å². The Morgan fingerprint density at radius 1 is 0.576 bits per heavy atom. The van der Waals surface area contributed by atoms with E-state index >= 15 is 0 Å². The van der Waals surface area contributed by atoms with Gasteiger partial charge in [-0.2, -0.15) is 77.6 Å². The van der Waals surface area contributed by atoms with Gasteiger partial charge < -0.3 is 13.8 Å². The quantitative estimate of drug-likeness (QED) is 0.0612. The number of alkyl halides is 10. The van der Waals surface area contributed by atoms with Crippen LogP contribution in [0.1, 0.15) is 205 Å². The van der Waals surface area contributed by atoms with Gasteiger partial charge in [0, 0.05) is 40.5 Å². The minimum atomic E-state index is -7.05. The molecule has 2 aromatic carbocycles. The average Bonchev–Trinajstić information content (AvgIpc) is 0.729. The number of carbonyl (C=O) groups is 3. The molecular weight excluding hydrogens is 1350 g/mol. The summed E-state index contributed by atoms with van der Waals surface area (Å²) < 4.78 is 291. The van der Waals surface area contributed by atoms with E-state index in [1.165, 1.54) is 18.2 Å². The van der Waals surface area contributed by atoms with Crippen molar-refractivity contribution in [2.75, 3.05) is 6.61 Å². The molecule has 8 rings (SSSR count). The highest BCUT2D eigenvalue weighted by molar-refractivity contribution is 7.92. The van der Waals surface area contributed by atoms with Gasteiger partial charge in [0.05, 0.1) is 12.4 Å². The zero-order valence-electron chi connectivity index (χ0n) is 52.2. The van der Waals surface area contributed by atoms with Crippen LogP contribution in [-0.2, 0) is 86.3 Å². The van der Waals surface area contributed by atoms with Crippen LogP contribution in [0.4, 0.5) is 43.9 Å². The number of benzene rings is 2. The van der Waals surface area contributed by atoms with E-state index in [9.17, 15) is 100 Å². The lowest BCUT2D eigenvalue weighted by molar-refractivity contribution is -0.245. The fourth-order valence-corrected chi connectivity index (χ4v) is 15.6. The summed E-state index contributed by atoms with van der Waals surface area (Å²) in [7, 11) is -29.6. The van der Waals surface area contributed by atoms with Crippen LogP contribution >= 0.6 is 0 Å². The summed E-state index contributed by atoms with van der Waals surface area (Å²) in [6, 6.07) is 9.06. The summed E-state index contributed by atoms with van der Waals surface area (Å²) in [6.07, 6.45) is 11.1. The zero-order valence-corrected chi connectivity index (χ0v) is 56.3. The SMILES string of the molecule is CC(C)(C)c1cccc(C(C)(C)C)c1OS(=O)(=O)O.CC(C)c1cccc(C(C)C)c1CS(=O)(=O)C(F)(F)C(F)(F)C(F)(F)S(=O)(=O)O.O=C(N(C1CCCCC1)C1CCCCC1)C(F)(F)S(=O)(=O)O.O=C1C2CC3CC1CC(COC(=O)C(F)(F)S(=O)(=O)O)(C3)C2. The Morgan fingerprint density at radius 2 is 0.967 bits per heavy atom. The van der Waals surface area contributed by atoms with Crippen LogP contribution in [0.25, 0.3) is 0 Å². The molecule has 1 amide bonds. The van der Waals surface area contributed by atoms with Crippen molar-refractivity contribution >= 4 is 68.3 Å². The second-order valence-electron chi connectivity index (χ2n) is 26.9. The minimum absolute atomic E-state index is 0.105. The standard InChI is InChI=1S/C16H20F6O5S2.C14H23F2NO4S.C14H22O4S.C13H16F2O6S/c1-9(2)11-6-5-7-12(10(3)4)13(11)8-28(23,24)15(19,20)14(17,18)16(21,22)29(25,26)27;15-14(16,22(19,20)21)13(18)17(11-7-3-1-4-8-11)12-9-5-2-6-10-12;1-13(2,3)10-8-7-9-11(14(4,5)6)12(10)18-19(15,16)17;14-13(15,22(18,19)20)11(17)21-6-12-3-7-1-8(4-12)10(16)9(2-7)5-12/h5-7,9-10H,8H2,1-4H3,(H,25,26,27);11-12H,1-10H2,(H,19,20,21);7-9H,1-6H3,(H,15,16,17);7-9H,1-6H2,(H,18,19,20). The van der Waals surface area contributed by atoms with Crippen LogP contribution in [0.5, 0.6) is 5.75 Å². The predicted octanol–water partition coefficient (Wildman–Crippen LogP) is 12.4. The predicted molar refractivity (Wildman–Crippen MR) is 315 cm³/mol. The molecule has 6 aliphatic carbocycles. The van der Waals surface area contributed by atoms with Gasteiger partial charge >= 0.3 is 79.6 Å². The van der Waals surface area contributed by atoms with E-state index < -0.39 is 112 Å². The number of nitrogens with zero attached hydrogens (tertiary/aromatic N) is 1. The Morgan fingerprint density at radius 3 is 1.32 bits per heavy atom. The molecule has 0 aliphatic heterocycles. The highest BCUT2D eigenvalue weighted by Gasteiger charge is 2.82. The maximum atomic E-state index is 14.2. The van der Waals surface area contributed by atoms with Crippen LogP contribution in [-0.4, -0.2) is 128 Å². The minimum Gasteiger partial charge on any atom is -0.460 e. The fourth-order valence-electron chi connectivity index (χ4n) is 12.7. The number of ether oxygens (including phenoxy) is 1. The number of amides is 1. The maximum absolute atomic E-state index is 14.2. The van der Waals surface area contributed by atoms with Crippen molar-refractivity contribution in [2.24, 2.45) is 23.2 Å². The zero-order chi connectivity index (χ0) is 71.0. The second kappa shape index (κ2) is 28.4. The highest BCUT2D eigenvalue weighted by Crippen LogP contribution is 2.59. The van der Waals surface area contributed by atoms with Gasteiger partial charge in [0.1, 0.15) is 5.78 Å². The molecule has 92 heavy (non-hydrogen) atoms. The summed E-state index contributed by atoms with van der Waals surface area (Å²) in [4.78, 5) is 36.6. The largest absolute Gasteiger partial charge is 0.465 e. The monoisotopic (exact) mass is 1430 g/mol. The van der Waals surface area contributed by atoms with E-state index in [2.05, 4.69) is 4.74 Å². The Bertz CT molecular complexity index is 3490. The lowest BCUT2D eigenvalue weighted by Gasteiger charge is -2.55. The molecule has 0 spiro atoms. The first-order chi connectivity index (χ1) is 41.3. The molecule has 6 aliphatic rings. The molecule has 528 valence electrons. The van der Waals surface area contributed by atoms with Crippen molar-refractivity contribution in [3.8, 4) is 5.75 Å². The normalized spacial score (nSPS) is 21.7. The van der Waals surface area contributed by atoms with Crippen LogP contribution in [0.3, 0.4) is 0 Å². The third-order valence-corrected chi connectivity index (χ3v) is 21.7. The molecule has 2 atom stereocenters. The third kappa shape index (κ3) is 18.0. The topological polar surface area (TPSA) is 325 Å². The van der Waals surface area contributed by atoms with E-state index in [1.807, 2.05) is 59.7 Å². The van der Waals surface area contributed by atoms with Gasteiger partial charge in [0.25, 0.3) is 0 Å².